The van der Waals surface area contributed by atoms with Crippen molar-refractivity contribution in [3.8, 4) is 11.5 Å². The molecule has 0 saturated carbocycles. The molecule has 0 radical (unpaired) electrons. The Kier molecular flexibility index (Phi) is 7.63. The fraction of sp³-hybridized carbons (Fsp3) is 0.452. The Hall–Kier alpha value is -3.43. The lowest BCUT2D eigenvalue weighted by atomic mass is 9.89. The fourth-order valence-corrected chi connectivity index (χ4v) is 5.83. The number of halogens is 2. The molecule has 0 unspecified atom stereocenters. The monoisotopic (exact) mass is 581 g/mol. The van der Waals surface area contributed by atoms with Crippen LogP contribution in [0.4, 0.5) is 10.2 Å². The van der Waals surface area contributed by atoms with E-state index < -0.39 is 17.7 Å². The van der Waals surface area contributed by atoms with E-state index in [-0.39, 0.29) is 11.4 Å². The van der Waals surface area contributed by atoms with Gasteiger partial charge < -0.3 is 19.7 Å². The number of carboxylic acid groups (broad SMARTS) is 1. The van der Waals surface area contributed by atoms with E-state index >= 15 is 0 Å². The van der Waals surface area contributed by atoms with Gasteiger partial charge in [0.05, 0.1) is 11.3 Å². The number of aromatic nitrogens is 4. The van der Waals surface area contributed by atoms with Crippen molar-refractivity contribution >= 4 is 29.0 Å². The van der Waals surface area contributed by atoms with E-state index in [1.165, 1.54) is 12.1 Å². The number of fused-ring (bicyclic) bond motifs is 1. The van der Waals surface area contributed by atoms with Crippen molar-refractivity contribution in [3.63, 3.8) is 0 Å². The first kappa shape index (κ1) is 29.1. The average molecular weight is 582 g/mol. The molecule has 5 rings (SSSR count). The van der Waals surface area contributed by atoms with Crippen LogP contribution in [-0.2, 0) is 16.0 Å². The standard InChI is InChI=1S/C31H37ClFN5O3/c1-18-15-23-34-22(27-35-21(26(32)36-27)16-19-9-11-20(33)12-10-19)17-37(23)28(38-14-8-7-13-31(38,5)6)24(18)25(29(39)40)41-30(2,3)4/h9-12,15,17,25H,7-8,13-14,16H2,1-6H3,(H,35,36)(H,39,40)/t25-/m0/s1. The SMILES string of the molecule is Cc1cc2nc(-c3nc(Cl)c(Cc4ccc(F)cc4)[nH]3)cn2c(N2CCCCC2(C)C)c1[C@H](OC(C)(C)C)C(=O)O. The molecule has 10 heteroatoms. The second-order valence-corrected chi connectivity index (χ2v) is 12.8. The molecule has 0 aliphatic carbocycles. The van der Waals surface area contributed by atoms with Crippen LogP contribution >= 0.6 is 11.6 Å². The molecule has 0 amide bonds. The summed E-state index contributed by atoms with van der Waals surface area (Å²) in [5.41, 5.74) is 3.37. The topological polar surface area (TPSA) is 95.8 Å². The zero-order chi connectivity index (χ0) is 29.7. The first-order valence-corrected chi connectivity index (χ1v) is 14.3. The number of aliphatic carboxylic acids is 1. The summed E-state index contributed by atoms with van der Waals surface area (Å²) in [5, 5.41) is 10.7. The largest absolute Gasteiger partial charge is 0.479 e. The van der Waals surface area contributed by atoms with Crippen molar-refractivity contribution < 1.29 is 19.0 Å². The van der Waals surface area contributed by atoms with Crippen LogP contribution in [-0.4, -0.2) is 48.1 Å². The number of piperidine rings is 1. The minimum absolute atomic E-state index is 0.209. The quantitative estimate of drug-likeness (QED) is 0.241. The van der Waals surface area contributed by atoms with Crippen molar-refractivity contribution in [2.45, 2.75) is 84.5 Å². The summed E-state index contributed by atoms with van der Waals surface area (Å²) in [6.45, 7) is 12.7. The third kappa shape index (κ3) is 5.97. The number of pyridine rings is 1. The number of hydrogen-bond donors (Lipinski definition) is 2. The van der Waals surface area contributed by atoms with Gasteiger partial charge in [0.15, 0.2) is 17.1 Å². The molecule has 3 aromatic heterocycles. The Bertz CT molecular complexity index is 1590. The Morgan fingerprint density at radius 2 is 1.93 bits per heavy atom. The lowest BCUT2D eigenvalue weighted by Crippen LogP contribution is -2.49. The van der Waals surface area contributed by atoms with Gasteiger partial charge in [0.2, 0.25) is 0 Å². The number of nitrogens with zero attached hydrogens (tertiary/aromatic N) is 4. The van der Waals surface area contributed by atoms with Crippen LogP contribution in [0.25, 0.3) is 17.2 Å². The van der Waals surface area contributed by atoms with Gasteiger partial charge in [-0.25, -0.2) is 19.2 Å². The van der Waals surface area contributed by atoms with E-state index in [0.29, 0.717) is 40.0 Å². The fourth-order valence-electron chi connectivity index (χ4n) is 5.63. The number of aromatic amines is 1. The summed E-state index contributed by atoms with van der Waals surface area (Å²) < 4.78 is 21.5. The van der Waals surface area contributed by atoms with Crippen molar-refractivity contribution in [1.29, 1.82) is 0 Å². The number of carboxylic acids is 1. The molecule has 1 aliphatic heterocycles. The van der Waals surface area contributed by atoms with Gasteiger partial charge in [-0.15, -0.1) is 0 Å². The number of hydrogen-bond acceptors (Lipinski definition) is 5. The predicted octanol–water partition coefficient (Wildman–Crippen LogP) is 7.13. The minimum atomic E-state index is -1.17. The first-order valence-electron chi connectivity index (χ1n) is 13.9. The smallest absolute Gasteiger partial charge is 0.337 e. The molecule has 0 bridgehead atoms. The van der Waals surface area contributed by atoms with Crippen LogP contribution in [0.3, 0.4) is 0 Å². The number of ether oxygens (including phenoxy) is 1. The molecule has 1 aliphatic rings. The van der Waals surface area contributed by atoms with Crippen molar-refractivity contribution in [2.75, 3.05) is 11.4 Å². The second-order valence-electron chi connectivity index (χ2n) is 12.4. The van der Waals surface area contributed by atoms with E-state index in [2.05, 4.69) is 28.7 Å². The summed E-state index contributed by atoms with van der Waals surface area (Å²) >= 11 is 6.51. The summed E-state index contributed by atoms with van der Waals surface area (Å²) in [7, 11) is 0. The van der Waals surface area contributed by atoms with Gasteiger partial charge in [-0.2, -0.15) is 0 Å². The van der Waals surface area contributed by atoms with Crippen LogP contribution in [0.5, 0.6) is 0 Å². The van der Waals surface area contributed by atoms with Crippen LogP contribution in [0.15, 0.2) is 36.5 Å². The lowest BCUT2D eigenvalue weighted by Gasteiger charge is -2.45. The van der Waals surface area contributed by atoms with Gasteiger partial charge in [0.1, 0.15) is 23.0 Å². The van der Waals surface area contributed by atoms with Crippen molar-refractivity contribution in [2.24, 2.45) is 0 Å². The zero-order valence-electron chi connectivity index (χ0n) is 24.4. The van der Waals surface area contributed by atoms with Gasteiger partial charge >= 0.3 is 5.97 Å². The Morgan fingerprint density at radius 3 is 2.56 bits per heavy atom. The molecule has 1 atom stereocenters. The summed E-state index contributed by atoms with van der Waals surface area (Å²) in [5.74, 6) is -0.0684. The van der Waals surface area contributed by atoms with Gasteiger partial charge in [-0.3, -0.25) is 4.40 Å². The molecule has 0 spiro atoms. The lowest BCUT2D eigenvalue weighted by molar-refractivity contribution is -0.160. The number of anilines is 1. The number of imidazole rings is 2. The molecule has 1 aromatic carbocycles. The number of nitrogens with one attached hydrogen (secondary N) is 1. The minimum Gasteiger partial charge on any atom is -0.479 e. The maximum absolute atomic E-state index is 13.4. The highest BCUT2D eigenvalue weighted by molar-refractivity contribution is 6.30. The first-order chi connectivity index (χ1) is 19.2. The highest BCUT2D eigenvalue weighted by Crippen LogP contribution is 2.41. The molecular formula is C31H37ClFN5O3. The molecule has 1 fully saturated rings. The summed E-state index contributed by atoms with van der Waals surface area (Å²) in [6, 6.07) is 8.16. The van der Waals surface area contributed by atoms with E-state index in [1.54, 1.807) is 12.1 Å². The third-order valence-corrected chi connectivity index (χ3v) is 7.91. The highest BCUT2D eigenvalue weighted by atomic mass is 35.5. The number of rotatable bonds is 7. The second kappa shape index (κ2) is 10.8. The Labute approximate surface area is 244 Å². The van der Waals surface area contributed by atoms with E-state index in [0.717, 1.165) is 42.8 Å². The van der Waals surface area contributed by atoms with E-state index in [4.69, 9.17) is 21.3 Å². The third-order valence-electron chi connectivity index (χ3n) is 7.60. The molecule has 8 nitrogen and oxygen atoms in total. The number of H-pyrrole nitrogens is 1. The number of aryl methyl sites for hydroxylation is 1. The van der Waals surface area contributed by atoms with Crippen molar-refractivity contribution in [1.82, 2.24) is 19.4 Å². The molecular weight excluding hydrogens is 545 g/mol. The Balaban J connectivity index is 1.66. The predicted molar refractivity (Wildman–Crippen MR) is 158 cm³/mol. The van der Waals surface area contributed by atoms with Crippen LogP contribution in [0, 0.1) is 12.7 Å². The molecule has 2 N–H and O–H groups in total. The normalized spacial score (nSPS) is 16.3. The molecule has 218 valence electrons. The molecule has 1 saturated heterocycles. The van der Waals surface area contributed by atoms with Crippen LogP contribution < -0.4 is 4.90 Å². The average Bonchev–Trinajstić information content (AvgIpc) is 3.46. The maximum atomic E-state index is 13.4. The van der Waals surface area contributed by atoms with Gasteiger partial charge in [-0.05, 0) is 90.1 Å². The van der Waals surface area contributed by atoms with E-state index in [1.807, 2.05) is 44.4 Å². The van der Waals surface area contributed by atoms with Crippen LogP contribution in [0.2, 0.25) is 5.15 Å². The zero-order valence-corrected chi connectivity index (χ0v) is 25.1. The number of carbonyl (C=O) groups is 1. The highest BCUT2D eigenvalue weighted by Gasteiger charge is 2.38. The van der Waals surface area contributed by atoms with Gasteiger partial charge in [-0.1, -0.05) is 23.7 Å². The summed E-state index contributed by atoms with van der Waals surface area (Å²) in [6.07, 6.45) is 4.25. The maximum Gasteiger partial charge on any atom is 0.337 e. The van der Waals surface area contributed by atoms with Crippen LogP contribution in [0.1, 0.15) is 82.4 Å². The molecule has 41 heavy (non-hydrogen) atoms. The van der Waals surface area contributed by atoms with E-state index in [9.17, 15) is 14.3 Å². The van der Waals surface area contributed by atoms with Crippen molar-refractivity contribution in [3.05, 3.63) is 69.9 Å². The van der Waals surface area contributed by atoms with Gasteiger partial charge in [0.25, 0.3) is 0 Å². The van der Waals surface area contributed by atoms with Gasteiger partial charge in [0, 0.05) is 30.3 Å². The molecule has 4 aromatic rings. The molecule has 4 heterocycles. The Morgan fingerprint density at radius 1 is 1.22 bits per heavy atom. The number of benzene rings is 1. The summed E-state index contributed by atoms with van der Waals surface area (Å²) in [4.78, 5) is 27.7.